The van der Waals surface area contributed by atoms with Crippen molar-refractivity contribution in [1.82, 2.24) is 30.1 Å². The molecule has 2 saturated heterocycles. The highest BCUT2D eigenvalue weighted by atomic mass is 19.1. The van der Waals surface area contributed by atoms with E-state index in [2.05, 4.69) is 49.7 Å². The van der Waals surface area contributed by atoms with Crippen molar-refractivity contribution in [3.05, 3.63) is 83.4 Å². The molecule has 2 aliphatic rings. The molecule has 39 heavy (non-hydrogen) atoms. The van der Waals surface area contributed by atoms with E-state index in [1.165, 1.54) is 24.8 Å². The Morgan fingerprint density at radius 2 is 1.77 bits per heavy atom. The maximum atomic E-state index is 13.4. The third-order valence-corrected chi connectivity index (χ3v) is 7.80. The number of nitrogens with zero attached hydrogens (tertiary/aromatic N) is 5. The second-order valence-electron chi connectivity index (χ2n) is 10.3. The monoisotopic (exact) mass is 534 g/mol. The lowest BCUT2D eigenvalue weighted by Crippen LogP contribution is -2.51. The van der Waals surface area contributed by atoms with Gasteiger partial charge in [0, 0.05) is 25.7 Å². The highest BCUT2D eigenvalue weighted by Crippen LogP contribution is 2.32. The number of amides is 1. The Morgan fingerprint density at radius 1 is 1.03 bits per heavy atom. The van der Waals surface area contributed by atoms with Gasteiger partial charge < -0.3 is 10.1 Å². The van der Waals surface area contributed by atoms with E-state index in [4.69, 9.17) is 4.74 Å². The van der Waals surface area contributed by atoms with Crippen LogP contribution >= 0.6 is 0 Å². The van der Waals surface area contributed by atoms with Gasteiger partial charge in [0.1, 0.15) is 5.82 Å². The quantitative estimate of drug-likeness (QED) is 0.422. The topological polar surface area (TPSA) is 92.6 Å². The summed E-state index contributed by atoms with van der Waals surface area (Å²) in [5.41, 5.74) is 2.44. The number of carbonyl (C=O) groups is 2. The number of likely N-dealkylation sites (tertiary alicyclic amines) is 2. The number of hydrogen-bond donors (Lipinski definition) is 1. The third-order valence-electron chi connectivity index (χ3n) is 7.80. The van der Waals surface area contributed by atoms with Gasteiger partial charge in [0.05, 0.1) is 25.4 Å². The van der Waals surface area contributed by atoms with E-state index in [9.17, 15) is 14.0 Å². The fourth-order valence-corrected chi connectivity index (χ4v) is 5.69. The van der Waals surface area contributed by atoms with Gasteiger partial charge in [-0.15, -0.1) is 5.10 Å². The van der Waals surface area contributed by atoms with E-state index >= 15 is 0 Å². The SMILES string of the molecule is COC(=O)c1cn([C@@H]2C[C@@H](C(=O)NCCc3ccc(F)cc3)N(C3CCN(Cc4ccccc4)CC3)C2)nn1. The number of carbonyl (C=O) groups excluding carboxylic acids is 2. The van der Waals surface area contributed by atoms with Gasteiger partial charge in [0.2, 0.25) is 5.91 Å². The summed E-state index contributed by atoms with van der Waals surface area (Å²) in [7, 11) is 1.31. The van der Waals surface area contributed by atoms with Crippen LogP contribution in [0.4, 0.5) is 4.39 Å². The Labute approximate surface area is 227 Å². The maximum absolute atomic E-state index is 13.4. The van der Waals surface area contributed by atoms with Gasteiger partial charge >= 0.3 is 5.97 Å². The van der Waals surface area contributed by atoms with Crippen LogP contribution in [0.25, 0.3) is 0 Å². The molecule has 0 saturated carbocycles. The Bertz CT molecular complexity index is 1240. The summed E-state index contributed by atoms with van der Waals surface area (Å²) in [6, 6.07) is 16.7. The minimum Gasteiger partial charge on any atom is -0.464 e. The van der Waals surface area contributed by atoms with Gasteiger partial charge in [-0.25, -0.2) is 13.9 Å². The van der Waals surface area contributed by atoms with Crippen molar-refractivity contribution in [1.29, 1.82) is 0 Å². The number of ether oxygens (including phenoxy) is 1. The summed E-state index contributed by atoms with van der Waals surface area (Å²) in [6.45, 7) is 4.00. The average Bonchev–Trinajstić information content (AvgIpc) is 3.63. The van der Waals surface area contributed by atoms with Gasteiger partial charge in [-0.3, -0.25) is 14.6 Å². The first-order valence-corrected chi connectivity index (χ1v) is 13.5. The van der Waals surface area contributed by atoms with Crippen LogP contribution in [0, 0.1) is 5.82 Å². The summed E-state index contributed by atoms with van der Waals surface area (Å²) in [5, 5.41) is 11.2. The van der Waals surface area contributed by atoms with Gasteiger partial charge in [-0.05, 0) is 62.0 Å². The van der Waals surface area contributed by atoms with Crippen LogP contribution in [0.2, 0.25) is 0 Å². The van der Waals surface area contributed by atoms with Gasteiger partial charge in [0.25, 0.3) is 0 Å². The van der Waals surface area contributed by atoms with Gasteiger partial charge in [-0.1, -0.05) is 47.7 Å². The molecule has 2 atom stereocenters. The first-order chi connectivity index (χ1) is 19.0. The highest BCUT2D eigenvalue weighted by molar-refractivity contribution is 5.86. The number of hydrogen-bond acceptors (Lipinski definition) is 7. The molecular weight excluding hydrogens is 499 g/mol. The molecule has 1 N–H and O–H groups in total. The molecule has 0 spiro atoms. The fraction of sp³-hybridized carbons (Fsp3) is 0.448. The molecule has 0 unspecified atom stereocenters. The first-order valence-electron chi connectivity index (χ1n) is 13.5. The molecule has 1 aromatic heterocycles. The second-order valence-corrected chi connectivity index (χ2v) is 10.3. The maximum Gasteiger partial charge on any atom is 0.360 e. The van der Waals surface area contributed by atoms with E-state index in [1.807, 2.05) is 6.07 Å². The van der Waals surface area contributed by atoms with Crippen molar-refractivity contribution in [2.75, 3.05) is 33.3 Å². The Morgan fingerprint density at radius 3 is 2.49 bits per heavy atom. The van der Waals surface area contributed by atoms with Gasteiger partial charge in [-0.2, -0.15) is 0 Å². The summed E-state index contributed by atoms with van der Waals surface area (Å²) in [5.74, 6) is -0.815. The molecule has 206 valence electrons. The number of aromatic nitrogens is 3. The average molecular weight is 535 g/mol. The van der Waals surface area contributed by atoms with Crippen molar-refractivity contribution in [2.24, 2.45) is 0 Å². The Hall–Kier alpha value is -3.63. The van der Waals surface area contributed by atoms with E-state index in [1.54, 1.807) is 23.0 Å². The van der Waals surface area contributed by atoms with Crippen LogP contribution in [0.5, 0.6) is 0 Å². The molecule has 0 aliphatic carbocycles. The minimum absolute atomic E-state index is 0.0142. The number of benzene rings is 2. The lowest BCUT2D eigenvalue weighted by molar-refractivity contribution is -0.126. The van der Waals surface area contributed by atoms with E-state index in [-0.39, 0.29) is 35.5 Å². The van der Waals surface area contributed by atoms with Crippen LogP contribution < -0.4 is 5.32 Å². The number of methoxy groups -OCH3 is 1. The second kappa shape index (κ2) is 12.5. The van der Waals surface area contributed by atoms with Crippen LogP contribution in [-0.4, -0.2) is 82.0 Å². The minimum atomic E-state index is -0.531. The van der Waals surface area contributed by atoms with E-state index in [0.717, 1.165) is 38.0 Å². The lowest BCUT2D eigenvalue weighted by Gasteiger charge is -2.39. The predicted molar refractivity (Wildman–Crippen MR) is 143 cm³/mol. The first kappa shape index (κ1) is 27.0. The molecule has 3 heterocycles. The van der Waals surface area contributed by atoms with Crippen molar-refractivity contribution in [2.45, 2.75) is 50.4 Å². The van der Waals surface area contributed by atoms with E-state index < -0.39 is 5.97 Å². The molecule has 2 fully saturated rings. The number of esters is 1. The van der Waals surface area contributed by atoms with Crippen molar-refractivity contribution < 1.29 is 18.7 Å². The molecule has 0 bridgehead atoms. The fourth-order valence-electron chi connectivity index (χ4n) is 5.69. The van der Waals surface area contributed by atoms with E-state index in [0.29, 0.717) is 25.9 Å². The standard InChI is InChI=1S/C29H35FN6O3/c1-39-29(38)26-20-36(33-32-26)25-17-27(28(37)31-14-11-21-7-9-23(30)10-8-21)35(19-25)24-12-15-34(16-13-24)18-22-5-3-2-4-6-22/h2-10,20,24-25,27H,11-19H2,1H3,(H,31,37)/t25-,27+/m1/s1. The van der Waals surface area contributed by atoms with Crippen LogP contribution in [0.3, 0.4) is 0 Å². The Balaban J connectivity index is 1.24. The molecular formula is C29H35FN6O3. The molecule has 0 radical (unpaired) electrons. The third kappa shape index (κ3) is 6.69. The van der Waals surface area contributed by atoms with Crippen LogP contribution in [-0.2, 0) is 22.5 Å². The normalized spacial score (nSPS) is 20.7. The zero-order chi connectivity index (χ0) is 27.2. The zero-order valence-electron chi connectivity index (χ0n) is 22.2. The largest absolute Gasteiger partial charge is 0.464 e. The number of rotatable bonds is 9. The number of halogens is 1. The number of piperidine rings is 1. The van der Waals surface area contributed by atoms with Crippen LogP contribution in [0.1, 0.15) is 46.9 Å². The molecule has 2 aliphatic heterocycles. The molecule has 1 amide bonds. The van der Waals surface area contributed by atoms with Crippen molar-refractivity contribution in [3.8, 4) is 0 Å². The lowest BCUT2D eigenvalue weighted by atomic mass is 10.0. The summed E-state index contributed by atoms with van der Waals surface area (Å²) in [4.78, 5) is 30.1. The molecule has 2 aromatic carbocycles. The van der Waals surface area contributed by atoms with Crippen molar-refractivity contribution >= 4 is 11.9 Å². The highest BCUT2D eigenvalue weighted by Gasteiger charge is 2.42. The smallest absolute Gasteiger partial charge is 0.360 e. The van der Waals surface area contributed by atoms with Crippen molar-refractivity contribution in [3.63, 3.8) is 0 Å². The molecule has 5 rings (SSSR count). The molecule has 10 heteroatoms. The van der Waals surface area contributed by atoms with Gasteiger partial charge in [0.15, 0.2) is 5.69 Å². The number of nitrogens with one attached hydrogen (secondary N) is 1. The molecule has 3 aromatic rings. The van der Waals surface area contributed by atoms with Crippen LogP contribution in [0.15, 0.2) is 60.8 Å². The predicted octanol–water partition coefficient (Wildman–Crippen LogP) is 2.84. The zero-order valence-corrected chi connectivity index (χ0v) is 22.2. The summed E-state index contributed by atoms with van der Waals surface area (Å²) in [6.07, 6.45) is 4.77. The Kier molecular flexibility index (Phi) is 8.63. The summed E-state index contributed by atoms with van der Waals surface area (Å²) >= 11 is 0. The molecule has 9 nitrogen and oxygen atoms in total. The summed E-state index contributed by atoms with van der Waals surface area (Å²) < 4.78 is 19.7.